The largest absolute Gasteiger partial charge is 0.335 e. The maximum Gasteiger partial charge on any atom is 0.254 e. The van der Waals surface area contributed by atoms with Crippen molar-refractivity contribution in [2.45, 2.75) is 51.5 Å². The number of aryl methyl sites for hydroxylation is 1. The molecule has 1 saturated carbocycles. The van der Waals surface area contributed by atoms with E-state index >= 15 is 0 Å². The number of aromatic nitrogens is 1. The quantitative estimate of drug-likeness (QED) is 0.779. The lowest BCUT2D eigenvalue weighted by molar-refractivity contribution is 0.0690. The number of carbonyl (C=O) groups excluding carboxylic acids is 1. The monoisotopic (exact) mass is 292 g/mol. The van der Waals surface area contributed by atoms with Crippen LogP contribution in [0.25, 0.3) is 0 Å². The van der Waals surface area contributed by atoms with Gasteiger partial charge in [0.15, 0.2) is 0 Å². The van der Waals surface area contributed by atoms with Crippen LogP contribution in [0.3, 0.4) is 0 Å². The van der Waals surface area contributed by atoms with Gasteiger partial charge in [-0.3, -0.25) is 4.79 Å². The standard InChI is InChI=1S/C16H21ClN2O/c1-2-13-9-12(10-15(17)18-13)16(20)19-8-7-11-5-3-4-6-14(11)19/h9-11,14H,2-8H2,1H3. The maximum absolute atomic E-state index is 12.8. The molecule has 108 valence electrons. The van der Waals surface area contributed by atoms with Crippen molar-refractivity contribution in [2.24, 2.45) is 5.92 Å². The van der Waals surface area contributed by atoms with E-state index in [-0.39, 0.29) is 5.91 Å². The van der Waals surface area contributed by atoms with E-state index in [2.05, 4.69) is 9.88 Å². The molecular weight excluding hydrogens is 272 g/mol. The Hall–Kier alpha value is -1.09. The normalized spacial score (nSPS) is 25.6. The molecule has 2 heterocycles. The lowest BCUT2D eigenvalue weighted by atomic mass is 9.85. The number of likely N-dealkylation sites (tertiary alicyclic amines) is 1. The van der Waals surface area contributed by atoms with Crippen LogP contribution < -0.4 is 0 Å². The van der Waals surface area contributed by atoms with Gasteiger partial charge in [-0.2, -0.15) is 0 Å². The molecule has 0 N–H and O–H groups in total. The van der Waals surface area contributed by atoms with Gasteiger partial charge in [0, 0.05) is 23.8 Å². The highest BCUT2D eigenvalue weighted by Crippen LogP contribution is 2.36. The second kappa shape index (κ2) is 5.72. The molecule has 2 fully saturated rings. The molecule has 0 bridgehead atoms. The molecular formula is C16H21ClN2O. The molecule has 2 atom stereocenters. The van der Waals surface area contributed by atoms with E-state index in [9.17, 15) is 4.79 Å². The Bertz CT molecular complexity index is 517. The van der Waals surface area contributed by atoms with Gasteiger partial charge < -0.3 is 4.90 Å². The first-order valence-corrected chi connectivity index (χ1v) is 8.04. The van der Waals surface area contributed by atoms with Crippen molar-refractivity contribution in [1.82, 2.24) is 9.88 Å². The van der Waals surface area contributed by atoms with Gasteiger partial charge in [0.1, 0.15) is 5.15 Å². The average Bonchev–Trinajstić information content (AvgIpc) is 2.89. The summed E-state index contributed by atoms with van der Waals surface area (Å²) in [6.45, 7) is 2.93. The first kappa shape index (κ1) is 13.9. The molecule has 4 heteroatoms. The number of fused-ring (bicyclic) bond motifs is 1. The highest BCUT2D eigenvalue weighted by atomic mass is 35.5. The van der Waals surface area contributed by atoms with Gasteiger partial charge in [0.05, 0.1) is 0 Å². The zero-order chi connectivity index (χ0) is 14.1. The number of carbonyl (C=O) groups is 1. The first-order valence-electron chi connectivity index (χ1n) is 7.66. The fourth-order valence-corrected chi connectivity index (χ4v) is 3.91. The molecule has 0 spiro atoms. The van der Waals surface area contributed by atoms with Crippen LogP contribution in [-0.2, 0) is 6.42 Å². The van der Waals surface area contributed by atoms with Crippen LogP contribution in [0.4, 0.5) is 0 Å². The van der Waals surface area contributed by atoms with Crippen LogP contribution in [0, 0.1) is 5.92 Å². The lowest BCUT2D eigenvalue weighted by Crippen LogP contribution is -2.39. The Balaban J connectivity index is 1.83. The van der Waals surface area contributed by atoms with Crippen molar-refractivity contribution in [3.05, 3.63) is 28.5 Å². The third-order valence-electron chi connectivity index (χ3n) is 4.73. The lowest BCUT2D eigenvalue weighted by Gasteiger charge is -2.31. The van der Waals surface area contributed by atoms with Crippen molar-refractivity contribution >= 4 is 17.5 Å². The molecule has 2 unspecified atom stereocenters. The molecule has 0 aromatic carbocycles. The van der Waals surface area contributed by atoms with Gasteiger partial charge in [0.25, 0.3) is 5.91 Å². The summed E-state index contributed by atoms with van der Waals surface area (Å²) in [5.41, 5.74) is 1.59. The van der Waals surface area contributed by atoms with Crippen LogP contribution in [-0.4, -0.2) is 28.4 Å². The second-order valence-corrected chi connectivity index (χ2v) is 6.31. The molecule has 2 aliphatic rings. The minimum atomic E-state index is 0.137. The highest BCUT2D eigenvalue weighted by molar-refractivity contribution is 6.29. The third-order valence-corrected chi connectivity index (χ3v) is 4.92. The van der Waals surface area contributed by atoms with Crippen molar-refractivity contribution in [1.29, 1.82) is 0 Å². The van der Waals surface area contributed by atoms with Gasteiger partial charge in [-0.05, 0) is 43.7 Å². The number of nitrogens with zero attached hydrogens (tertiary/aromatic N) is 2. The van der Waals surface area contributed by atoms with Crippen LogP contribution >= 0.6 is 11.6 Å². The number of amides is 1. The summed E-state index contributed by atoms with van der Waals surface area (Å²) in [5, 5.41) is 0.423. The number of hydrogen-bond acceptors (Lipinski definition) is 2. The molecule has 0 radical (unpaired) electrons. The van der Waals surface area contributed by atoms with Gasteiger partial charge >= 0.3 is 0 Å². The van der Waals surface area contributed by atoms with E-state index in [4.69, 9.17) is 11.6 Å². The van der Waals surface area contributed by atoms with E-state index in [1.54, 1.807) is 6.07 Å². The fourth-order valence-electron chi connectivity index (χ4n) is 3.68. The Kier molecular flexibility index (Phi) is 3.97. The zero-order valence-corrected chi connectivity index (χ0v) is 12.7. The topological polar surface area (TPSA) is 33.2 Å². The number of hydrogen-bond donors (Lipinski definition) is 0. The Morgan fingerprint density at radius 3 is 2.95 bits per heavy atom. The van der Waals surface area contributed by atoms with Gasteiger partial charge in [0.2, 0.25) is 0 Å². The van der Waals surface area contributed by atoms with Gasteiger partial charge in [-0.1, -0.05) is 31.4 Å². The predicted molar refractivity (Wildman–Crippen MR) is 80.0 cm³/mol. The molecule has 20 heavy (non-hydrogen) atoms. The van der Waals surface area contributed by atoms with Crippen LogP contribution in [0.15, 0.2) is 12.1 Å². The summed E-state index contributed by atoms with van der Waals surface area (Å²) in [7, 11) is 0. The van der Waals surface area contributed by atoms with Crippen molar-refractivity contribution in [3.8, 4) is 0 Å². The minimum Gasteiger partial charge on any atom is -0.335 e. The molecule has 3 rings (SSSR count). The molecule has 1 aromatic rings. The van der Waals surface area contributed by atoms with Crippen LogP contribution in [0.5, 0.6) is 0 Å². The summed E-state index contributed by atoms with van der Waals surface area (Å²) in [5.74, 6) is 0.856. The summed E-state index contributed by atoms with van der Waals surface area (Å²) in [4.78, 5) is 19.1. The number of halogens is 1. The summed E-state index contributed by atoms with van der Waals surface area (Å²) >= 11 is 6.04. The van der Waals surface area contributed by atoms with E-state index in [1.165, 1.54) is 19.3 Å². The fraction of sp³-hybridized carbons (Fsp3) is 0.625. The molecule has 1 aliphatic heterocycles. The van der Waals surface area contributed by atoms with Gasteiger partial charge in [-0.25, -0.2) is 4.98 Å². The zero-order valence-electron chi connectivity index (χ0n) is 11.9. The number of pyridine rings is 1. The van der Waals surface area contributed by atoms with Gasteiger partial charge in [-0.15, -0.1) is 0 Å². The highest BCUT2D eigenvalue weighted by Gasteiger charge is 2.38. The van der Waals surface area contributed by atoms with Crippen molar-refractivity contribution in [3.63, 3.8) is 0 Å². The number of rotatable bonds is 2. The molecule has 1 amide bonds. The maximum atomic E-state index is 12.8. The Morgan fingerprint density at radius 1 is 1.35 bits per heavy atom. The molecule has 1 aliphatic carbocycles. The van der Waals surface area contributed by atoms with Crippen LogP contribution in [0.2, 0.25) is 5.15 Å². The Morgan fingerprint density at radius 2 is 2.15 bits per heavy atom. The minimum absolute atomic E-state index is 0.137. The summed E-state index contributed by atoms with van der Waals surface area (Å²) in [6, 6.07) is 4.05. The van der Waals surface area contributed by atoms with E-state index in [0.29, 0.717) is 16.8 Å². The summed E-state index contributed by atoms with van der Waals surface area (Å²) in [6.07, 6.45) is 6.98. The second-order valence-electron chi connectivity index (χ2n) is 5.92. The van der Waals surface area contributed by atoms with E-state index in [0.717, 1.165) is 37.4 Å². The average molecular weight is 293 g/mol. The predicted octanol–water partition coefficient (Wildman–Crippen LogP) is 3.70. The molecule has 1 saturated heterocycles. The Labute approximate surface area is 125 Å². The van der Waals surface area contributed by atoms with Crippen molar-refractivity contribution in [2.75, 3.05) is 6.54 Å². The SMILES string of the molecule is CCc1cc(C(=O)N2CCC3CCCCC32)cc(Cl)n1. The van der Waals surface area contributed by atoms with E-state index < -0.39 is 0 Å². The van der Waals surface area contributed by atoms with Crippen molar-refractivity contribution < 1.29 is 4.79 Å². The van der Waals surface area contributed by atoms with E-state index in [1.807, 2.05) is 13.0 Å². The third kappa shape index (κ3) is 2.56. The van der Waals surface area contributed by atoms with Crippen LogP contribution in [0.1, 0.15) is 55.1 Å². The summed E-state index contributed by atoms with van der Waals surface area (Å²) < 4.78 is 0. The molecule has 1 aromatic heterocycles. The first-order chi connectivity index (χ1) is 9.69. The smallest absolute Gasteiger partial charge is 0.254 e. The molecule has 3 nitrogen and oxygen atoms in total.